The number of nitriles is 1. The first-order chi connectivity index (χ1) is 26.0. The number of methoxy groups -OCH3 is 1. The van der Waals surface area contributed by atoms with E-state index in [2.05, 4.69) is 27.7 Å². The van der Waals surface area contributed by atoms with E-state index in [1.54, 1.807) is 42.5 Å². The van der Waals surface area contributed by atoms with Crippen LogP contribution >= 0.6 is 11.6 Å². The predicted molar refractivity (Wildman–Crippen MR) is 199 cm³/mol. The maximum Gasteiger partial charge on any atom is 0.264 e. The van der Waals surface area contributed by atoms with Crippen LogP contribution < -0.4 is 24.2 Å². The van der Waals surface area contributed by atoms with Crippen LogP contribution in [-0.4, -0.2) is 78.7 Å². The number of amides is 3. The van der Waals surface area contributed by atoms with Crippen molar-refractivity contribution >= 4 is 50.1 Å². The van der Waals surface area contributed by atoms with Crippen molar-refractivity contribution in [3.05, 3.63) is 71.9 Å². The molecule has 3 aliphatic carbocycles. The number of carbonyl (C=O) groups is 3. The molecular formula is C39H42ClN5O8S. The Bertz CT molecular complexity index is 2130. The quantitative estimate of drug-likeness (QED) is 0.229. The van der Waals surface area contributed by atoms with Crippen molar-refractivity contribution in [2.24, 2.45) is 11.8 Å². The molecule has 5 atom stereocenters. The summed E-state index contributed by atoms with van der Waals surface area (Å²) in [5, 5.41) is 13.4. The lowest BCUT2D eigenvalue weighted by Gasteiger charge is -2.34. The first-order valence-corrected chi connectivity index (χ1v) is 20.2. The highest BCUT2D eigenvalue weighted by Gasteiger charge is 2.62. The molecule has 7 rings (SSSR count). The van der Waals surface area contributed by atoms with E-state index in [1.807, 2.05) is 0 Å². The lowest BCUT2D eigenvalue weighted by atomic mass is 9.84. The maximum atomic E-state index is 14.8. The van der Waals surface area contributed by atoms with E-state index in [-0.39, 0.29) is 31.2 Å². The van der Waals surface area contributed by atoms with Gasteiger partial charge in [-0.1, -0.05) is 43.0 Å². The van der Waals surface area contributed by atoms with E-state index in [0.29, 0.717) is 45.7 Å². The van der Waals surface area contributed by atoms with E-state index in [9.17, 15) is 28.1 Å². The average molecular weight is 776 g/mol. The van der Waals surface area contributed by atoms with E-state index in [1.165, 1.54) is 24.3 Å². The Kier molecular flexibility index (Phi) is 10.5. The molecule has 4 aliphatic rings. The summed E-state index contributed by atoms with van der Waals surface area (Å²) in [7, 11) is -2.37. The Labute approximate surface area is 319 Å². The highest BCUT2D eigenvalue weighted by Crippen LogP contribution is 2.46. The number of nitrogens with zero attached hydrogens (tertiary/aromatic N) is 3. The van der Waals surface area contributed by atoms with Crippen molar-refractivity contribution in [1.82, 2.24) is 19.9 Å². The summed E-state index contributed by atoms with van der Waals surface area (Å²) >= 11 is 6.36. The Hall–Kier alpha value is -4.87. The number of benzene rings is 2. The van der Waals surface area contributed by atoms with E-state index >= 15 is 0 Å². The van der Waals surface area contributed by atoms with E-state index < -0.39 is 62.7 Å². The maximum absolute atomic E-state index is 14.8. The van der Waals surface area contributed by atoms with Crippen LogP contribution in [0.5, 0.6) is 17.4 Å². The summed E-state index contributed by atoms with van der Waals surface area (Å²) in [5.41, 5.74) is -1.17. The van der Waals surface area contributed by atoms with Gasteiger partial charge >= 0.3 is 0 Å². The molecule has 54 heavy (non-hydrogen) atoms. The molecule has 13 nitrogen and oxygen atoms in total. The number of sulfonamides is 1. The number of ether oxygens (including phenoxy) is 3. The molecular weight excluding hydrogens is 734 g/mol. The molecule has 0 bridgehead atoms. The molecule has 0 spiro atoms. The van der Waals surface area contributed by atoms with Gasteiger partial charge in [-0.25, -0.2) is 13.4 Å². The number of likely N-dealkylation sites (tertiary alicyclic amines) is 1. The van der Waals surface area contributed by atoms with Crippen LogP contribution in [0.25, 0.3) is 10.8 Å². The molecule has 3 amide bonds. The second-order valence-corrected chi connectivity index (χ2v) is 17.0. The molecule has 1 saturated heterocycles. The number of halogens is 1. The van der Waals surface area contributed by atoms with Crippen LogP contribution in [0.15, 0.2) is 61.3 Å². The largest absolute Gasteiger partial charge is 0.494 e. The van der Waals surface area contributed by atoms with Crippen LogP contribution in [0.2, 0.25) is 5.02 Å². The standard InChI is InChI=1S/C39H42ClN5O8S/c1-3-25-19-39(25,38(48)44-54(49,50)29-13-14-29)43-35(46)32-18-28(53-36-31-17-26(40)12-15-30(31)33(51-2)21-42-36)22-45(32)37(47)34(24-9-5-4-6-10-24)52-27-11-7-8-23(16-27)20-41/h3,7-8,11-12,15-17,21,24-25,28-29,32,34H,1,4-6,9-10,13-14,18-19,22H2,2H3,(H,43,46)(H,44,48)/t25?,28-,32+,34+,39-/m1/s1. The number of hydrogen-bond acceptors (Lipinski definition) is 10. The molecule has 3 saturated carbocycles. The fraction of sp³-hybridized carbons (Fsp3) is 0.462. The van der Waals surface area contributed by atoms with Crippen LogP contribution in [-0.2, 0) is 24.4 Å². The molecule has 1 aliphatic heterocycles. The van der Waals surface area contributed by atoms with Gasteiger partial charge in [-0.15, -0.1) is 6.58 Å². The highest BCUT2D eigenvalue weighted by atomic mass is 35.5. The number of aromatic nitrogens is 1. The Balaban J connectivity index is 1.21. The van der Waals surface area contributed by atoms with Gasteiger partial charge in [0.2, 0.25) is 21.8 Å². The summed E-state index contributed by atoms with van der Waals surface area (Å²) in [4.78, 5) is 48.7. The molecule has 1 unspecified atom stereocenters. The Morgan fingerprint density at radius 2 is 1.89 bits per heavy atom. The van der Waals surface area contributed by atoms with Crippen LogP contribution in [0.4, 0.5) is 0 Å². The Morgan fingerprint density at radius 1 is 1.11 bits per heavy atom. The van der Waals surface area contributed by atoms with Gasteiger partial charge in [0.05, 0.1) is 36.7 Å². The SMILES string of the molecule is C=CC1C[C@]1(NC(=O)[C@@H]1C[C@@H](Oc2ncc(OC)c3ccc(Cl)cc23)CN1C(=O)[C@@H](Oc1cccc(C#N)c1)C1CCCCC1)C(=O)NS(=O)(=O)C1CC1. The second-order valence-electron chi connectivity index (χ2n) is 14.6. The predicted octanol–water partition coefficient (Wildman–Crippen LogP) is 4.81. The summed E-state index contributed by atoms with van der Waals surface area (Å²) in [6.07, 6.45) is 6.77. The molecule has 15 heteroatoms. The third kappa shape index (κ3) is 7.57. The lowest BCUT2D eigenvalue weighted by Crippen LogP contribution is -2.58. The van der Waals surface area contributed by atoms with Gasteiger partial charge in [-0.05, 0) is 68.5 Å². The van der Waals surface area contributed by atoms with E-state index in [0.717, 1.165) is 32.1 Å². The summed E-state index contributed by atoms with van der Waals surface area (Å²) in [6.45, 7) is 3.78. The van der Waals surface area contributed by atoms with Crippen LogP contribution in [0.1, 0.15) is 63.4 Å². The molecule has 2 N–H and O–H groups in total. The minimum atomic E-state index is -3.90. The van der Waals surface area contributed by atoms with Crippen molar-refractivity contribution in [1.29, 1.82) is 5.26 Å². The van der Waals surface area contributed by atoms with Gasteiger partial charge in [0.1, 0.15) is 29.2 Å². The number of nitrogens with one attached hydrogen (secondary N) is 2. The fourth-order valence-electron chi connectivity index (χ4n) is 7.71. The van der Waals surface area contributed by atoms with Gasteiger partial charge in [-0.3, -0.25) is 19.1 Å². The zero-order chi connectivity index (χ0) is 38.2. The summed E-state index contributed by atoms with van der Waals surface area (Å²) in [6, 6.07) is 12.8. The van der Waals surface area contributed by atoms with Gasteiger partial charge in [0, 0.05) is 34.1 Å². The van der Waals surface area contributed by atoms with Crippen LogP contribution in [0, 0.1) is 23.2 Å². The zero-order valence-corrected chi connectivity index (χ0v) is 31.4. The molecule has 1 aromatic heterocycles. The van der Waals surface area contributed by atoms with Gasteiger partial charge in [-0.2, -0.15) is 5.26 Å². The molecule has 3 aromatic rings. The monoisotopic (exact) mass is 775 g/mol. The Morgan fingerprint density at radius 3 is 2.57 bits per heavy atom. The van der Waals surface area contributed by atoms with Crippen molar-refractivity contribution in [2.75, 3.05) is 13.7 Å². The van der Waals surface area contributed by atoms with E-state index in [4.69, 9.17) is 25.8 Å². The topological polar surface area (TPSA) is 177 Å². The lowest BCUT2D eigenvalue weighted by molar-refractivity contribution is -0.147. The smallest absolute Gasteiger partial charge is 0.264 e. The second kappa shape index (κ2) is 15.1. The molecule has 284 valence electrons. The third-order valence-corrected chi connectivity index (χ3v) is 13.0. The van der Waals surface area contributed by atoms with Gasteiger partial charge in [0.25, 0.3) is 11.8 Å². The first kappa shape index (κ1) is 37.4. The number of fused-ring (bicyclic) bond motifs is 1. The van der Waals surface area contributed by atoms with Gasteiger partial charge < -0.3 is 24.4 Å². The first-order valence-electron chi connectivity index (χ1n) is 18.2. The van der Waals surface area contributed by atoms with Crippen molar-refractivity contribution in [2.45, 2.75) is 86.8 Å². The fourth-order valence-corrected chi connectivity index (χ4v) is 9.24. The summed E-state index contributed by atoms with van der Waals surface area (Å²) in [5.74, 6) is -1.48. The van der Waals surface area contributed by atoms with Crippen LogP contribution in [0.3, 0.4) is 0 Å². The highest BCUT2D eigenvalue weighted by molar-refractivity contribution is 7.91. The van der Waals surface area contributed by atoms with Crippen molar-refractivity contribution < 1.29 is 37.0 Å². The van der Waals surface area contributed by atoms with Crippen molar-refractivity contribution in [3.63, 3.8) is 0 Å². The zero-order valence-electron chi connectivity index (χ0n) is 29.8. The normalized spacial score (nSPS) is 24.5. The minimum absolute atomic E-state index is 0.0162. The average Bonchev–Trinajstić information content (AvgIpc) is 4.11. The third-order valence-electron chi connectivity index (χ3n) is 10.9. The molecule has 2 aromatic carbocycles. The molecule has 4 fully saturated rings. The molecule has 2 heterocycles. The minimum Gasteiger partial charge on any atom is -0.494 e. The molecule has 0 radical (unpaired) electrons. The number of hydrogen-bond donors (Lipinski definition) is 2. The van der Waals surface area contributed by atoms with Crippen molar-refractivity contribution in [3.8, 4) is 23.4 Å². The summed E-state index contributed by atoms with van der Waals surface area (Å²) < 4.78 is 46.1. The van der Waals surface area contributed by atoms with Gasteiger partial charge in [0.15, 0.2) is 6.10 Å². The number of rotatable bonds is 13. The number of carbonyl (C=O) groups excluding carboxylic acids is 3. The number of pyridine rings is 1.